The van der Waals surface area contributed by atoms with E-state index in [9.17, 15) is 13.2 Å². The van der Waals surface area contributed by atoms with Crippen LogP contribution in [-0.2, 0) is 0 Å². The average molecular weight is 223 g/mol. The molecule has 0 aliphatic heterocycles. The molecular formula is C10H16F3NO. The lowest BCUT2D eigenvalue weighted by Crippen LogP contribution is -2.16. The van der Waals surface area contributed by atoms with E-state index in [1.165, 1.54) is 31.3 Å². The molecule has 0 saturated heterocycles. The van der Waals surface area contributed by atoms with Crippen molar-refractivity contribution in [1.29, 1.82) is 0 Å². The van der Waals surface area contributed by atoms with Gasteiger partial charge in [0.2, 0.25) is 0 Å². The molecule has 0 aliphatic carbocycles. The van der Waals surface area contributed by atoms with Crippen molar-refractivity contribution in [1.82, 2.24) is 0 Å². The molecule has 5 heteroatoms. The number of halogens is 3. The first-order chi connectivity index (χ1) is 7.08. The molecule has 0 radical (unpaired) electrons. The third-order valence-electron chi connectivity index (χ3n) is 0.977. The lowest BCUT2D eigenvalue weighted by atomic mass is 10.3. The molecule has 2 nitrogen and oxygen atoms in total. The molecular weight excluding hydrogens is 207 g/mol. The van der Waals surface area contributed by atoms with Gasteiger partial charge in [0.15, 0.2) is 0 Å². The van der Waals surface area contributed by atoms with Crippen molar-refractivity contribution >= 4 is 0 Å². The second kappa shape index (κ2) is 9.33. The standard InChI is InChI=1S/C7H5F3O.C2H6.CH5N/c8-7(9,10)11-6-4-2-1-3-5-6;2*1-2/h1-5H;1-2H3;2H2,1H3. The van der Waals surface area contributed by atoms with Crippen LogP contribution >= 0.6 is 0 Å². The van der Waals surface area contributed by atoms with Gasteiger partial charge in [0, 0.05) is 0 Å². The third-order valence-corrected chi connectivity index (χ3v) is 0.977. The van der Waals surface area contributed by atoms with E-state index in [1.54, 1.807) is 6.07 Å². The SMILES string of the molecule is CC.CN.FC(F)(F)Oc1ccccc1. The van der Waals surface area contributed by atoms with Crippen LogP contribution < -0.4 is 10.5 Å². The monoisotopic (exact) mass is 223 g/mol. The maximum Gasteiger partial charge on any atom is 0.573 e. The Morgan fingerprint density at radius 1 is 1.00 bits per heavy atom. The zero-order valence-corrected chi connectivity index (χ0v) is 9.01. The Hall–Kier alpha value is -1.23. The predicted octanol–water partition coefficient (Wildman–Crippen LogP) is 3.19. The number of hydrogen-bond donors (Lipinski definition) is 1. The van der Waals surface area contributed by atoms with Gasteiger partial charge in [-0.1, -0.05) is 32.0 Å². The number of rotatable bonds is 1. The summed E-state index contributed by atoms with van der Waals surface area (Å²) in [5.41, 5.74) is 4.50. The molecule has 1 aromatic carbocycles. The highest BCUT2D eigenvalue weighted by atomic mass is 19.4. The van der Waals surface area contributed by atoms with Crippen LogP contribution in [0.2, 0.25) is 0 Å². The largest absolute Gasteiger partial charge is 0.573 e. The van der Waals surface area contributed by atoms with Crippen molar-refractivity contribution < 1.29 is 17.9 Å². The first-order valence-electron chi connectivity index (χ1n) is 4.46. The normalized spacial score (nSPS) is 9.00. The molecule has 0 saturated carbocycles. The molecule has 0 unspecified atom stereocenters. The second-order valence-corrected chi connectivity index (χ2v) is 1.86. The number of para-hydroxylation sites is 1. The van der Waals surface area contributed by atoms with Gasteiger partial charge in [0.05, 0.1) is 0 Å². The highest BCUT2D eigenvalue weighted by Crippen LogP contribution is 2.21. The van der Waals surface area contributed by atoms with E-state index in [0.29, 0.717) is 0 Å². The van der Waals surface area contributed by atoms with Gasteiger partial charge in [-0.2, -0.15) is 0 Å². The molecule has 0 bridgehead atoms. The van der Waals surface area contributed by atoms with Crippen molar-refractivity contribution in [2.45, 2.75) is 20.2 Å². The summed E-state index contributed by atoms with van der Waals surface area (Å²) in [5, 5.41) is 0. The van der Waals surface area contributed by atoms with Crippen LogP contribution in [0.25, 0.3) is 0 Å². The molecule has 1 aromatic rings. The summed E-state index contributed by atoms with van der Waals surface area (Å²) in [4.78, 5) is 0. The Morgan fingerprint density at radius 2 is 1.40 bits per heavy atom. The predicted molar refractivity (Wildman–Crippen MR) is 54.6 cm³/mol. The van der Waals surface area contributed by atoms with Gasteiger partial charge >= 0.3 is 6.36 Å². The van der Waals surface area contributed by atoms with E-state index < -0.39 is 6.36 Å². The van der Waals surface area contributed by atoms with Crippen LogP contribution in [0.4, 0.5) is 13.2 Å². The fourth-order valence-corrected chi connectivity index (χ4v) is 0.622. The second-order valence-electron chi connectivity index (χ2n) is 1.86. The molecule has 1 rings (SSSR count). The van der Waals surface area contributed by atoms with Crippen molar-refractivity contribution in [3.05, 3.63) is 30.3 Å². The van der Waals surface area contributed by atoms with Crippen LogP contribution in [0, 0.1) is 0 Å². The first kappa shape index (κ1) is 16.2. The molecule has 2 N–H and O–H groups in total. The molecule has 88 valence electrons. The maximum absolute atomic E-state index is 11.5. The highest BCUT2D eigenvalue weighted by Gasteiger charge is 2.30. The minimum Gasteiger partial charge on any atom is -0.406 e. The zero-order valence-electron chi connectivity index (χ0n) is 9.01. The van der Waals surface area contributed by atoms with E-state index in [0.717, 1.165) is 0 Å². The van der Waals surface area contributed by atoms with Crippen LogP contribution in [-0.4, -0.2) is 13.4 Å². The Balaban J connectivity index is 0. The lowest BCUT2D eigenvalue weighted by Gasteiger charge is -2.07. The summed E-state index contributed by atoms with van der Waals surface area (Å²) in [6, 6.07) is 7.05. The van der Waals surface area contributed by atoms with Gasteiger partial charge < -0.3 is 10.5 Å². The smallest absolute Gasteiger partial charge is 0.406 e. The van der Waals surface area contributed by atoms with Gasteiger partial charge in [-0.25, -0.2) is 0 Å². The molecule has 0 spiro atoms. The van der Waals surface area contributed by atoms with Crippen LogP contribution in [0.5, 0.6) is 5.75 Å². The molecule has 0 fully saturated rings. The van der Waals surface area contributed by atoms with Crippen molar-refractivity contribution in [3.63, 3.8) is 0 Å². The molecule has 0 amide bonds. The van der Waals surface area contributed by atoms with E-state index in [4.69, 9.17) is 0 Å². The summed E-state index contributed by atoms with van der Waals surface area (Å²) in [6.45, 7) is 4.00. The number of alkyl halides is 3. The van der Waals surface area contributed by atoms with Crippen molar-refractivity contribution in [3.8, 4) is 5.75 Å². The molecule has 0 aromatic heterocycles. The lowest BCUT2D eigenvalue weighted by molar-refractivity contribution is -0.274. The average Bonchev–Trinajstić information content (AvgIpc) is 2.23. The first-order valence-corrected chi connectivity index (χ1v) is 4.46. The maximum atomic E-state index is 11.5. The Kier molecular flexibility index (Phi) is 10.1. The fourth-order valence-electron chi connectivity index (χ4n) is 0.622. The molecule has 15 heavy (non-hydrogen) atoms. The minimum atomic E-state index is -4.60. The highest BCUT2D eigenvalue weighted by molar-refractivity contribution is 5.20. The van der Waals surface area contributed by atoms with Gasteiger partial charge in [-0.05, 0) is 19.2 Å². The fraction of sp³-hybridized carbons (Fsp3) is 0.400. The third kappa shape index (κ3) is 10.7. The Labute approximate surface area is 87.9 Å². The quantitative estimate of drug-likeness (QED) is 0.793. The minimum absolute atomic E-state index is 0.194. The van der Waals surface area contributed by atoms with E-state index in [1.807, 2.05) is 13.8 Å². The van der Waals surface area contributed by atoms with Crippen molar-refractivity contribution in [2.75, 3.05) is 7.05 Å². The summed E-state index contributed by atoms with van der Waals surface area (Å²) in [7, 11) is 1.50. The molecule has 0 aliphatic rings. The summed E-state index contributed by atoms with van der Waals surface area (Å²) in [6.07, 6.45) is -4.60. The van der Waals surface area contributed by atoms with E-state index >= 15 is 0 Å². The number of benzene rings is 1. The van der Waals surface area contributed by atoms with Crippen LogP contribution in [0.15, 0.2) is 30.3 Å². The number of nitrogens with two attached hydrogens (primary N) is 1. The van der Waals surface area contributed by atoms with Gasteiger partial charge in [-0.3, -0.25) is 0 Å². The Bertz CT molecular complexity index is 224. The zero-order chi connectivity index (χ0) is 12.3. The van der Waals surface area contributed by atoms with E-state index in [2.05, 4.69) is 10.5 Å². The van der Waals surface area contributed by atoms with Crippen LogP contribution in [0.3, 0.4) is 0 Å². The topological polar surface area (TPSA) is 35.2 Å². The van der Waals surface area contributed by atoms with Crippen LogP contribution in [0.1, 0.15) is 13.8 Å². The van der Waals surface area contributed by atoms with Gasteiger partial charge in [0.1, 0.15) is 5.75 Å². The number of ether oxygens (including phenoxy) is 1. The number of hydrogen-bond acceptors (Lipinski definition) is 2. The van der Waals surface area contributed by atoms with Gasteiger partial charge in [0.25, 0.3) is 0 Å². The van der Waals surface area contributed by atoms with E-state index in [-0.39, 0.29) is 5.75 Å². The summed E-state index contributed by atoms with van der Waals surface area (Å²) >= 11 is 0. The van der Waals surface area contributed by atoms with Gasteiger partial charge in [-0.15, -0.1) is 13.2 Å². The Morgan fingerprint density at radius 3 is 1.73 bits per heavy atom. The summed E-state index contributed by atoms with van der Waals surface area (Å²) in [5.74, 6) is -0.194. The summed E-state index contributed by atoms with van der Waals surface area (Å²) < 4.78 is 38.2. The van der Waals surface area contributed by atoms with Crippen molar-refractivity contribution in [2.24, 2.45) is 5.73 Å². The molecule has 0 atom stereocenters. The molecule has 0 heterocycles.